The average Bonchev–Trinajstić information content (AvgIpc) is 3.98. The third kappa shape index (κ3) is 4.79. The summed E-state index contributed by atoms with van der Waals surface area (Å²) in [7, 11) is 0. The van der Waals surface area contributed by atoms with Gasteiger partial charge in [0.25, 0.3) is 0 Å². The van der Waals surface area contributed by atoms with Gasteiger partial charge in [-0.1, -0.05) is 194 Å². The van der Waals surface area contributed by atoms with Crippen LogP contribution in [0.1, 0.15) is 22.3 Å². The van der Waals surface area contributed by atoms with Gasteiger partial charge in [-0.25, -0.2) is 15.0 Å². The molecule has 4 heteroatoms. The van der Waals surface area contributed by atoms with Crippen molar-refractivity contribution in [2.45, 2.75) is 5.41 Å². The number of hydrogen-bond donors (Lipinski definition) is 0. The zero-order valence-corrected chi connectivity index (χ0v) is 34.6. The van der Waals surface area contributed by atoms with Gasteiger partial charge in [-0.2, -0.15) is 0 Å². The molecule has 2 aliphatic rings. The van der Waals surface area contributed by atoms with Crippen LogP contribution in [-0.4, -0.2) is 19.5 Å². The topological polar surface area (TPSA) is 43.6 Å². The lowest BCUT2D eigenvalue weighted by atomic mass is 9.70. The Balaban J connectivity index is 0.995. The Morgan fingerprint density at radius 2 is 0.828 bits per heavy atom. The maximum absolute atomic E-state index is 5.39. The minimum atomic E-state index is -0.472. The summed E-state index contributed by atoms with van der Waals surface area (Å²) in [5.41, 5.74) is 16.1. The maximum atomic E-state index is 5.39. The molecule has 2 aliphatic carbocycles. The standard InChI is InChI=1S/C60H36N4/c1-2-16-39(17-3-1)57-61-58(40-30-29-38-18-14-28-55(49(38)35-40)64-54-27-13-9-23-47(54)48-34-31-37-15-4-5-19-42(37)56(48)64)63-59(62-57)41-32-33-46-45-22-8-12-26-52(45)60(53(46)36-41)50-24-10-6-20-43(50)44-21-7-11-25-51(44)60/h1-36H. The van der Waals surface area contributed by atoms with E-state index in [9.17, 15) is 0 Å². The summed E-state index contributed by atoms with van der Waals surface area (Å²) in [4.78, 5) is 15.9. The molecule has 0 radical (unpaired) electrons. The Morgan fingerprint density at radius 3 is 1.55 bits per heavy atom. The van der Waals surface area contributed by atoms with E-state index >= 15 is 0 Å². The summed E-state index contributed by atoms with van der Waals surface area (Å²) < 4.78 is 2.45. The van der Waals surface area contributed by atoms with Gasteiger partial charge in [0.15, 0.2) is 17.5 Å². The van der Waals surface area contributed by atoms with Crippen molar-refractivity contribution in [3.8, 4) is 62.1 Å². The lowest BCUT2D eigenvalue weighted by molar-refractivity contribution is 0.794. The van der Waals surface area contributed by atoms with Crippen molar-refractivity contribution >= 4 is 43.4 Å². The van der Waals surface area contributed by atoms with Gasteiger partial charge < -0.3 is 4.57 Å². The molecule has 0 saturated heterocycles. The lowest BCUT2D eigenvalue weighted by Gasteiger charge is -2.30. The van der Waals surface area contributed by atoms with Crippen LogP contribution in [0.15, 0.2) is 218 Å². The van der Waals surface area contributed by atoms with E-state index < -0.39 is 5.41 Å². The number of benzene rings is 10. The molecule has 0 amide bonds. The van der Waals surface area contributed by atoms with Crippen molar-refractivity contribution in [2.75, 3.05) is 0 Å². The largest absolute Gasteiger partial charge is 0.308 e. The molecule has 0 unspecified atom stereocenters. The highest BCUT2D eigenvalue weighted by molar-refractivity contribution is 6.19. The first kappa shape index (κ1) is 35.2. The third-order valence-corrected chi connectivity index (χ3v) is 13.8. The summed E-state index contributed by atoms with van der Waals surface area (Å²) >= 11 is 0. The molecule has 0 fully saturated rings. The highest BCUT2D eigenvalue weighted by atomic mass is 15.0. The minimum Gasteiger partial charge on any atom is -0.308 e. The summed E-state index contributed by atoms with van der Waals surface area (Å²) in [6, 6.07) is 79.1. The summed E-state index contributed by atoms with van der Waals surface area (Å²) in [5.74, 6) is 1.90. The van der Waals surface area contributed by atoms with Gasteiger partial charge in [-0.15, -0.1) is 0 Å². The van der Waals surface area contributed by atoms with Crippen molar-refractivity contribution in [1.82, 2.24) is 19.5 Å². The molecular formula is C60H36N4. The quantitative estimate of drug-likeness (QED) is 0.178. The van der Waals surface area contributed by atoms with E-state index in [4.69, 9.17) is 15.0 Å². The second-order valence-corrected chi connectivity index (χ2v) is 17.1. The Kier molecular flexibility index (Phi) is 7.29. The number of aromatic nitrogens is 4. The molecule has 0 atom stereocenters. The van der Waals surface area contributed by atoms with Crippen molar-refractivity contribution in [2.24, 2.45) is 0 Å². The van der Waals surface area contributed by atoms with E-state index in [0.717, 1.165) is 33.2 Å². The number of nitrogens with zero attached hydrogens (tertiary/aromatic N) is 4. The van der Waals surface area contributed by atoms with E-state index in [-0.39, 0.29) is 0 Å². The highest BCUT2D eigenvalue weighted by Crippen LogP contribution is 2.63. The van der Waals surface area contributed by atoms with E-state index in [2.05, 4.69) is 205 Å². The monoisotopic (exact) mass is 812 g/mol. The first-order valence-electron chi connectivity index (χ1n) is 21.9. The molecule has 0 bridgehead atoms. The second kappa shape index (κ2) is 13.3. The van der Waals surface area contributed by atoms with Gasteiger partial charge in [0.1, 0.15) is 0 Å². The Hall–Kier alpha value is -8.47. The molecule has 10 aromatic carbocycles. The molecule has 14 rings (SSSR count). The van der Waals surface area contributed by atoms with Gasteiger partial charge in [0.2, 0.25) is 0 Å². The molecule has 0 N–H and O–H groups in total. The number of fused-ring (bicyclic) bond motifs is 16. The van der Waals surface area contributed by atoms with Crippen molar-refractivity contribution < 1.29 is 0 Å². The van der Waals surface area contributed by atoms with Crippen LogP contribution in [0.5, 0.6) is 0 Å². The van der Waals surface area contributed by atoms with Crippen LogP contribution in [0.4, 0.5) is 0 Å². The molecule has 2 aromatic heterocycles. The van der Waals surface area contributed by atoms with Gasteiger partial charge in [0, 0.05) is 38.2 Å². The predicted molar refractivity (Wildman–Crippen MR) is 262 cm³/mol. The van der Waals surface area contributed by atoms with Gasteiger partial charge in [-0.3, -0.25) is 0 Å². The van der Waals surface area contributed by atoms with Crippen LogP contribution >= 0.6 is 0 Å². The van der Waals surface area contributed by atoms with Crippen LogP contribution in [-0.2, 0) is 5.41 Å². The number of rotatable bonds is 4. The van der Waals surface area contributed by atoms with Crippen LogP contribution in [0, 0.1) is 0 Å². The fourth-order valence-electron chi connectivity index (χ4n) is 11.2. The molecule has 12 aromatic rings. The fourth-order valence-corrected chi connectivity index (χ4v) is 11.2. The normalized spacial score (nSPS) is 13.1. The predicted octanol–water partition coefficient (Wildman–Crippen LogP) is 14.6. The highest BCUT2D eigenvalue weighted by Gasteiger charge is 2.51. The molecule has 0 aliphatic heterocycles. The first-order chi connectivity index (χ1) is 31.7. The van der Waals surface area contributed by atoms with E-state index in [0.29, 0.717) is 17.5 Å². The zero-order valence-electron chi connectivity index (χ0n) is 34.6. The Morgan fingerprint density at radius 1 is 0.312 bits per heavy atom. The summed E-state index contributed by atoms with van der Waals surface area (Å²) in [5, 5.41) is 7.17. The average molecular weight is 813 g/mol. The van der Waals surface area contributed by atoms with Gasteiger partial charge in [0.05, 0.1) is 22.1 Å². The molecule has 64 heavy (non-hydrogen) atoms. The maximum Gasteiger partial charge on any atom is 0.164 e. The molecule has 2 heterocycles. The van der Waals surface area contributed by atoms with Crippen LogP contribution in [0.3, 0.4) is 0 Å². The molecular weight excluding hydrogens is 777 g/mol. The SMILES string of the molecule is c1ccc(-c2nc(-c3ccc4c(c3)C3(c5ccccc5-c5ccccc53)c3ccccc3-4)nc(-c3ccc4cccc(-n5c6ccccc6c6ccc7ccccc7c65)c4c3)n2)cc1. The van der Waals surface area contributed by atoms with Gasteiger partial charge >= 0.3 is 0 Å². The molecule has 296 valence electrons. The van der Waals surface area contributed by atoms with Crippen molar-refractivity contribution in [1.29, 1.82) is 0 Å². The van der Waals surface area contributed by atoms with Crippen LogP contribution < -0.4 is 0 Å². The van der Waals surface area contributed by atoms with Gasteiger partial charge in [-0.05, 0) is 79.5 Å². The number of hydrogen-bond acceptors (Lipinski definition) is 3. The Bertz CT molecular complexity index is 3850. The third-order valence-electron chi connectivity index (χ3n) is 13.8. The second-order valence-electron chi connectivity index (χ2n) is 17.1. The molecule has 0 saturated carbocycles. The van der Waals surface area contributed by atoms with Crippen LogP contribution in [0.2, 0.25) is 0 Å². The number of para-hydroxylation sites is 1. The minimum absolute atomic E-state index is 0.472. The van der Waals surface area contributed by atoms with E-state index in [1.807, 2.05) is 18.2 Å². The zero-order chi connectivity index (χ0) is 41.9. The molecule has 1 spiro atoms. The Labute approximate surface area is 369 Å². The lowest BCUT2D eigenvalue weighted by Crippen LogP contribution is -2.25. The van der Waals surface area contributed by atoms with Crippen molar-refractivity contribution in [3.63, 3.8) is 0 Å². The van der Waals surface area contributed by atoms with E-state index in [1.165, 1.54) is 77.1 Å². The van der Waals surface area contributed by atoms with Crippen molar-refractivity contribution in [3.05, 3.63) is 241 Å². The summed E-state index contributed by atoms with van der Waals surface area (Å²) in [6.07, 6.45) is 0. The van der Waals surface area contributed by atoms with E-state index in [1.54, 1.807) is 0 Å². The smallest absolute Gasteiger partial charge is 0.164 e. The van der Waals surface area contributed by atoms with Crippen LogP contribution in [0.25, 0.3) is 105 Å². The first-order valence-corrected chi connectivity index (χ1v) is 21.9. The summed E-state index contributed by atoms with van der Waals surface area (Å²) in [6.45, 7) is 0. The fraction of sp³-hybridized carbons (Fsp3) is 0.0167. The molecule has 4 nitrogen and oxygen atoms in total.